The highest BCUT2D eigenvalue weighted by Crippen LogP contribution is 2.49. The van der Waals surface area contributed by atoms with Crippen LogP contribution in [-0.2, 0) is 4.79 Å². The zero-order valence-electron chi connectivity index (χ0n) is 14.7. The van der Waals surface area contributed by atoms with Crippen LogP contribution in [0.15, 0.2) is 71.8 Å². The molecule has 0 fully saturated rings. The number of fused-ring (bicyclic) bond motifs is 3. The number of hydrogen-bond acceptors (Lipinski definition) is 3. The van der Waals surface area contributed by atoms with Gasteiger partial charge in [0.15, 0.2) is 0 Å². The first kappa shape index (κ1) is 19.1. The molecule has 0 spiro atoms. The largest absolute Gasteiger partial charge is 0.272 e. The summed E-state index contributed by atoms with van der Waals surface area (Å²) in [7, 11) is 0. The lowest BCUT2D eigenvalue weighted by molar-refractivity contribution is -0.118. The summed E-state index contributed by atoms with van der Waals surface area (Å²) in [6.45, 7) is 0. The van der Waals surface area contributed by atoms with Gasteiger partial charge in [-0.1, -0.05) is 77.8 Å². The third-order valence-electron chi connectivity index (χ3n) is 4.51. The molecular weight excluding hydrogens is 411 g/mol. The molecule has 0 aliphatic heterocycles. The molecule has 1 amide bonds. The predicted octanol–water partition coefficient (Wildman–Crippen LogP) is 5.95. The molecule has 3 aromatic rings. The van der Waals surface area contributed by atoms with E-state index in [0.717, 1.165) is 0 Å². The molecule has 6 heteroatoms. The minimum Gasteiger partial charge on any atom is -0.272 e. The summed E-state index contributed by atoms with van der Waals surface area (Å²) in [5, 5.41) is 5.19. The third-order valence-corrected chi connectivity index (χ3v) is 6.35. The zero-order valence-corrected chi connectivity index (χ0v) is 17.1. The standard InChI is InChI=1S/C22H16Cl2N2OS/c23-15-10-9-14(20(24)11-15)12-25-26-21(27)13-28-22-18-7-3-1-5-16(18)17-6-2-4-8-19(17)22/h1-12,22H,13H2,(H,26,27). The van der Waals surface area contributed by atoms with Crippen molar-refractivity contribution in [2.45, 2.75) is 5.25 Å². The summed E-state index contributed by atoms with van der Waals surface area (Å²) >= 11 is 13.6. The molecule has 0 heterocycles. The van der Waals surface area contributed by atoms with Crippen molar-refractivity contribution in [1.29, 1.82) is 0 Å². The van der Waals surface area contributed by atoms with Crippen LogP contribution in [0.2, 0.25) is 10.0 Å². The predicted molar refractivity (Wildman–Crippen MR) is 118 cm³/mol. The highest BCUT2D eigenvalue weighted by molar-refractivity contribution is 8.00. The first-order valence-electron chi connectivity index (χ1n) is 8.70. The van der Waals surface area contributed by atoms with Crippen LogP contribution in [0.3, 0.4) is 0 Å². The monoisotopic (exact) mass is 426 g/mol. The summed E-state index contributed by atoms with van der Waals surface area (Å²) < 4.78 is 0. The maximum atomic E-state index is 12.3. The second-order valence-electron chi connectivity index (χ2n) is 6.32. The lowest BCUT2D eigenvalue weighted by Gasteiger charge is -2.12. The summed E-state index contributed by atoms with van der Waals surface area (Å²) in [5.74, 6) is 0.146. The minimum atomic E-state index is -0.159. The van der Waals surface area contributed by atoms with Gasteiger partial charge in [-0.25, -0.2) is 5.43 Å². The quantitative estimate of drug-likeness (QED) is 0.404. The zero-order chi connectivity index (χ0) is 19.5. The smallest absolute Gasteiger partial charge is 0.250 e. The molecule has 0 aromatic heterocycles. The fourth-order valence-electron chi connectivity index (χ4n) is 3.26. The number of nitrogens with zero attached hydrogens (tertiary/aromatic N) is 1. The average Bonchev–Trinajstić information content (AvgIpc) is 3.02. The average molecular weight is 427 g/mol. The van der Waals surface area contributed by atoms with Gasteiger partial charge in [0.05, 0.1) is 22.2 Å². The van der Waals surface area contributed by atoms with Gasteiger partial charge in [0.2, 0.25) is 5.91 Å². The van der Waals surface area contributed by atoms with Crippen molar-refractivity contribution in [3.63, 3.8) is 0 Å². The Morgan fingerprint density at radius 3 is 2.29 bits per heavy atom. The summed E-state index contributed by atoms with van der Waals surface area (Å²) in [6.07, 6.45) is 1.52. The highest BCUT2D eigenvalue weighted by atomic mass is 35.5. The number of thioether (sulfide) groups is 1. The molecule has 140 valence electrons. The van der Waals surface area contributed by atoms with Gasteiger partial charge in [-0.2, -0.15) is 5.10 Å². The molecule has 0 saturated heterocycles. The Morgan fingerprint density at radius 2 is 1.64 bits per heavy atom. The van der Waals surface area contributed by atoms with E-state index in [1.807, 2.05) is 24.3 Å². The van der Waals surface area contributed by atoms with Crippen molar-refractivity contribution in [2.75, 3.05) is 5.75 Å². The van der Waals surface area contributed by atoms with Crippen molar-refractivity contribution in [2.24, 2.45) is 5.10 Å². The Morgan fingerprint density at radius 1 is 1.00 bits per heavy atom. The Bertz CT molecular complexity index is 1020. The molecule has 1 N–H and O–H groups in total. The molecule has 3 aromatic carbocycles. The van der Waals surface area contributed by atoms with Crippen LogP contribution in [0.25, 0.3) is 11.1 Å². The van der Waals surface area contributed by atoms with Crippen LogP contribution in [0.5, 0.6) is 0 Å². The topological polar surface area (TPSA) is 41.5 Å². The number of nitrogens with one attached hydrogen (secondary N) is 1. The minimum absolute atomic E-state index is 0.146. The fourth-order valence-corrected chi connectivity index (χ4v) is 4.87. The Balaban J connectivity index is 1.41. The van der Waals surface area contributed by atoms with Crippen molar-refractivity contribution >= 4 is 47.1 Å². The van der Waals surface area contributed by atoms with Gasteiger partial charge in [0.1, 0.15) is 0 Å². The van der Waals surface area contributed by atoms with Crippen LogP contribution in [0.1, 0.15) is 21.9 Å². The van der Waals surface area contributed by atoms with E-state index in [4.69, 9.17) is 23.2 Å². The molecule has 0 unspecified atom stereocenters. The molecule has 1 aliphatic rings. The second kappa shape index (κ2) is 8.39. The molecule has 0 atom stereocenters. The van der Waals surface area contributed by atoms with E-state index in [0.29, 0.717) is 21.4 Å². The maximum Gasteiger partial charge on any atom is 0.250 e. The van der Waals surface area contributed by atoms with Crippen LogP contribution in [0.4, 0.5) is 0 Å². The number of hydrogen-bond donors (Lipinski definition) is 1. The van der Waals surface area contributed by atoms with E-state index >= 15 is 0 Å². The van der Waals surface area contributed by atoms with Gasteiger partial charge in [0.25, 0.3) is 0 Å². The number of carbonyl (C=O) groups is 1. The number of hydrazone groups is 1. The van der Waals surface area contributed by atoms with Crippen LogP contribution in [-0.4, -0.2) is 17.9 Å². The summed E-state index contributed by atoms with van der Waals surface area (Å²) in [6, 6.07) is 21.8. The molecule has 4 rings (SSSR count). The summed E-state index contributed by atoms with van der Waals surface area (Å²) in [5.41, 5.74) is 8.24. The van der Waals surface area contributed by atoms with Crippen LogP contribution in [0, 0.1) is 0 Å². The molecule has 3 nitrogen and oxygen atoms in total. The molecule has 28 heavy (non-hydrogen) atoms. The number of carbonyl (C=O) groups excluding carboxylic acids is 1. The van der Waals surface area contributed by atoms with E-state index in [2.05, 4.69) is 34.8 Å². The summed E-state index contributed by atoms with van der Waals surface area (Å²) in [4.78, 5) is 12.3. The van der Waals surface area contributed by atoms with Crippen molar-refractivity contribution in [1.82, 2.24) is 5.43 Å². The number of rotatable bonds is 5. The van der Waals surface area contributed by atoms with E-state index in [-0.39, 0.29) is 11.2 Å². The van der Waals surface area contributed by atoms with E-state index in [1.54, 1.807) is 30.0 Å². The van der Waals surface area contributed by atoms with Crippen LogP contribution < -0.4 is 5.43 Å². The van der Waals surface area contributed by atoms with Crippen molar-refractivity contribution in [3.8, 4) is 11.1 Å². The van der Waals surface area contributed by atoms with Gasteiger partial charge < -0.3 is 0 Å². The lowest BCUT2D eigenvalue weighted by Crippen LogP contribution is -2.20. The molecule has 0 bridgehead atoms. The third kappa shape index (κ3) is 3.95. The highest BCUT2D eigenvalue weighted by Gasteiger charge is 2.28. The lowest BCUT2D eigenvalue weighted by atomic mass is 10.1. The normalized spacial score (nSPS) is 12.8. The Labute approximate surface area is 177 Å². The van der Waals surface area contributed by atoms with Crippen LogP contribution >= 0.6 is 35.0 Å². The van der Waals surface area contributed by atoms with E-state index < -0.39 is 0 Å². The first-order chi connectivity index (χ1) is 13.6. The van der Waals surface area contributed by atoms with Gasteiger partial charge >= 0.3 is 0 Å². The maximum absolute atomic E-state index is 12.3. The first-order valence-corrected chi connectivity index (χ1v) is 10.5. The second-order valence-corrected chi connectivity index (χ2v) is 8.26. The van der Waals surface area contributed by atoms with E-state index in [1.165, 1.54) is 28.5 Å². The molecule has 0 saturated carbocycles. The number of amides is 1. The molecule has 0 radical (unpaired) electrons. The van der Waals surface area contributed by atoms with Gasteiger partial charge in [-0.15, -0.1) is 11.8 Å². The van der Waals surface area contributed by atoms with Gasteiger partial charge in [-0.05, 0) is 34.4 Å². The van der Waals surface area contributed by atoms with Gasteiger partial charge in [0, 0.05) is 10.6 Å². The van der Waals surface area contributed by atoms with Gasteiger partial charge in [-0.3, -0.25) is 4.79 Å². The van der Waals surface area contributed by atoms with Crippen molar-refractivity contribution < 1.29 is 4.79 Å². The van der Waals surface area contributed by atoms with Crippen molar-refractivity contribution in [3.05, 3.63) is 93.5 Å². The SMILES string of the molecule is O=C(CSC1c2ccccc2-c2ccccc21)NN=Cc1ccc(Cl)cc1Cl. The van der Waals surface area contributed by atoms with E-state index in [9.17, 15) is 4.79 Å². The fraction of sp³-hybridized carbons (Fsp3) is 0.0909. The number of halogens is 2. The Kier molecular flexibility index (Phi) is 5.72. The number of benzene rings is 3. The Hall–Kier alpha value is -2.27. The molecule has 1 aliphatic carbocycles. The molecular formula is C22H16Cl2N2OS.